The molecule has 2 aromatic heterocycles. The van der Waals surface area contributed by atoms with E-state index < -0.39 is 0 Å². The van der Waals surface area contributed by atoms with Crippen molar-refractivity contribution in [2.45, 2.75) is 25.4 Å². The molecule has 1 fully saturated rings. The van der Waals surface area contributed by atoms with Crippen LogP contribution in [-0.2, 0) is 11.3 Å². The van der Waals surface area contributed by atoms with Crippen molar-refractivity contribution in [2.24, 2.45) is 0 Å². The van der Waals surface area contributed by atoms with Gasteiger partial charge in [0.25, 0.3) is 0 Å². The highest BCUT2D eigenvalue weighted by molar-refractivity contribution is 7.16. The number of nitrogens with zero attached hydrogens (tertiary/aromatic N) is 3. The summed E-state index contributed by atoms with van der Waals surface area (Å²) >= 11 is 7.60. The van der Waals surface area contributed by atoms with Gasteiger partial charge in [0.05, 0.1) is 6.54 Å². The lowest BCUT2D eigenvalue weighted by atomic mass is 10.2. The van der Waals surface area contributed by atoms with Crippen LogP contribution in [0.5, 0.6) is 0 Å². The molecule has 0 unspecified atom stereocenters. The van der Waals surface area contributed by atoms with Crippen LogP contribution in [0.1, 0.15) is 23.6 Å². The second kappa shape index (κ2) is 9.10. The van der Waals surface area contributed by atoms with E-state index in [0.29, 0.717) is 23.3 Å². The SMILES string of the molecule is O=C(/C=C/c1ccc(-c2ccccc2)s1)N(Cc1nnc(-c2ccc(Cl)cc2)o1)C1CC1. The van der Waals surface area contributed by atoms with Crippen molar-refractivity contribution in [1.29, 1.82) is 0 Å². The van der Waals surface area contributed by atoms with Gasteiger partial charge in [0.2, 0.25) is 17.7 Å². The molecule has 5 rings (SSSR count). The van der Waals surface area contributed by atoms with Crippen LogP contribution in [0, 0.1) is 0 Å². The third kappa shape index (κ3) is 4.82. The minimum atomic E-state index is -0.0478. The summed E-state index contributed by atoms with van der Waals surface area (Å²) in [4.78, 5) is 17.0. The van der Waals surface area contributed by atoms with E-state index in [1.165, 1.54) is 10.4 Å². The fourth-order valence-electron chi connectivity index (χ4n) is 3.39. The van der Waals surface area contributed by atoms with Crippen molar-refractivity contribution >= 4 is 34.9 Å². The van der Waals surface area contributed by atoms with Crippen LogP contribution >= 0.6 is 22.9 Å². The Balaban J connectivity index is 1.27. The summed E-state index contributed by atoms with van der Waals surface area (Å²) in [6.45, 7) is 0.300. The molecule has 32 heavy (non-hydrogen) atoms. The first-order chi connectivity index (χ1) is 15.7. The first-order valence-electron chi connectivity index (χ1n) is 10.4. The average molecular weight is 462 g/mol. The molecule has 160 valence electrons. The summed E-state index contributed by atoms with van der Waals surface area (Å²) in [5.41, 5.74) is 1.97. The Hall–Kier alpha value is -3.22. The first kappa shape index (κ1) is 20.7. The maximum Gasteiger partial charge on any atom is 0.247 e. The van der Waals surface area contributed by atoms with Crippen molar-refractivity contribution < 1.29 is 9.21 Å². The van der Waals surface area contributed by atoms with Crippen LogP contribution in [0.25, 0.3) is 28.0 Å². The van der Waals surface area contributed by atoms with E-state index in [1.54, 1.807) is 34.4 Å². The summed E-state index contributed by atoms with van der Waals surface area (Å²) in [6, 6.07) is 21.8. The highest BCUT2D eigenvalue weighted by Gasteiger charge is 2.32. The predicted molar refractivity (Wildman–Crippen MR) is 127 cm³/mol. The summed E-state index contributed by atoms with van der Waals surface area (Å²) < 4.78 is 5.80. The number of hydrogen-bond acceptors (Lipinski definition) is 5. The van der Waals surface area contributed by atoms with Crippen LogP contribution in [0.4, 0.5) is 0 Å². The van der Waals surface area contributed by atoms with Crippen molar-refractivity contribution in [3.63, 3.8) is 0 Å². The standard InChI is InChI=1S/C25H20ClN3O2S/c26-19-8-6-18(7-9-19)25-28-27-23(31-25)16-29(20-10-11-20)24(30)15-13-21-12-14-22(32-21)17-4-2-1-3-5-17/h1-9,12-15,20H,10-11,16H2/b15-13+. The van der Waals surface area contributed by atoms with E-state index in [4.69, 9.17) is 16.0 Å². The van der Waals surface area contributed by atoms with Gasteiger partial charge >= 0.3 is 0 Å². The second-order valence-corrected chi connectivity index (χ2v) is 9.16. The number of thiophene rings is 1. The summed E-state index contributed by atoms with van der Waals surface area (Å²) in [6.07, 6.45) is 5.50. The number of benzene rings is 2. The first-order valence-corrected chi connectivity index (χ1v) is 11.6. The quantitative estimate of drug-likeness (QED) is 0.302. The van der Waals surface area contributed by atoms with Crippen LogP contribution in [0.15, 0.2) is 77.2 Å². The molecule has 0 aliphatic heterocycles. The Bertz CT molecular complexity index is 1240. The molecule has 0 saturated heterocycles. The summed E-state index contributed by atoms with van der Waals surface area (Å²) in [5.74, 6) is 0.793. The Morgan fingerprint density at radius 3 is 2.56 bits per heavy atom. The molecular weight excluding hydrogens is 442 g/mol. The van der Waals surface area contributed by atoms with Gasteiger partial charge in [-0.1, -0.05) is 41.9 Å². The third-order valence-electron chi connectivity index (χ3n) is 5.21. The number of aromatic nitrogens is 2. The summed E-state index contributed by atoms with van der Waals surface area (Å²) in [5, 5.41) is 8.90. The predicted octanol–water partition coefficient (Wildman–Crippen LogP) is 6.32. The smallest absolute Gasteiger partial charge is 0.247 e. The number of halogens is 1. The molecule has 2 heterocycles. The van der Waals surface area contributed by atoms with Gasteiger partial charge in [-0.2, -0.15) is 0 Å². The van der Waals surface area contributed by atoms with E-state index in [2.05, 4.69) is 28.4 Å². The molecular formula is C25H20ClN3O2S. The van der Waals surface area contributed by atoms with Crippen LogP contribution in [0.3, 0.4) is 0 Å². The van der Waals surface area contributed by atoms with E-state index >= 15 is 0 Å². The highest BCUT2D eigenvalue weighted by atomic mass is 35.5. The molecule has 5 nitrogen and oxygen atoms in total. The Labute approximate surface area is 195 Å². The highest BCUT2D eigenvalue weighted by Crippen LogP contribution is 2.31. The van der Waals surface area contributed by atoms with Gasteiger partial charge in [0, 0.05) is 32.5 Å². The number of carbonyl (C=O) groups excluding carboxylic acids is 1. The molecule has 1 saturated carbocycles. The fourth-order valence-corrected chi connectivity index (χ4v) is 4.44. The fraction of sp³-hybridized carbons (Fsp3) is 0.160. The zero-order chi connectivity index (χ0) is 21.9. The minimum absolute atomic E-state index is 0.0478. The molecule has 1 aliphatic rings. The van der Waals surface area contributed by atoms with E-state index in [9.17, 15) is 4.79 Å². The van der Waals surface area contributed by atoms with Gasteiger partial charge < -0.3 is 9.32 Å². The lowest BCUT2D eigenvalue weighted by Gasteiger charge is -2.18. The molecule has 7 heteroatoms. The minimum Gasteiger partial charge on any atom is -0.419 e. The van der Waals surface area contributed by atoms with Crippen LogP contribution < -0.4 is 0 Å². The zero-order valence-corrected chi connectivity index (χ0v) is 18.7. The number of amides is 1. The molecule has 0 N–H and O–H groups in total. The number of hydrogen-bond donors (Lipinski definition) is 0. The van der Waals surface area contributed by atoms with Gasteiger partial charge in [-0.05, 0) is 60.9 Å². The normalized spacial score (nSPS) is 13.5. The maximum atomic E-state index is 12.9. The second-order valence-electron chi connectivity index (χ2n) is 7.61. The van der Waals surface area contributed by atoms with Crippen molar-refractivity contribution in [2.75, 3.05) is 0 Å². The number of carbonyl (C=O) groups is 1. The van der Waals surface area contributed by atoms with Crippen LogP contribution in [-0.4, -0.2) is 27.0 Å². The van der Waals surface area contributed by atoms with Gasteiger partial charge in [-0.15, -0.1) is 21.5 Å². The van der Waals surface area contributed by atoms with Crippen molar-refractivity contribution in [3.05, 3.63) is 88.6 Å². The maximum absolute atomic E-state index is 12.9. The Morgan fingerprint density at radius 1 is 1.03 bits per heavy atom. The molecule has 0 spiro atoms. The van der Waals surface area contributed by atoms with Crippen molar-refractivity contribution in [1.82, 2.24) is 15.1 Å². The third-order valence-corrected chi connectivity index (χ3v) is 6.56. The van der Waals surface area contributed by atoms with E-state index in [-0.39, 0.29) is 11.9 Å². The monoisotopic (exact) mass is 461 g/mol. The average Bonchev–Trinajstić information content (AvgIpc) is 3.36. The van der Waals surface area contributed by atoms with E-state index in [1.807, 2.05) is 42.5 Å². The molecule has 0 radical (unpaired) electrons. The molecule has 1 amide bonds. The molecule has 1 aliphatic carbocycles. The van der Waals surface area contributed by atoms with Crippen molar-refractivity contribution in [3.8, 4) is 21.9 Å². The van der Waals surface area contributed by atoms with Gasteiger partial charge in [-0.25, -0.2) is 0 Å². The lowest BCUT2D eigenvalue weighted by Crippen LogP contribution is -2.31. The largest absolute Gasteiger partial charge is 0.419 e. The van der Waals surface area contributed by atoms with Gasteiger partial charge in [0.1, 0.15) is 0 Å². The Kier molecular flexibility index (Phi) is 5.88. The molecule has 2 aromatic carbocycles. The number of rotatable bonds is 7. The Morgan fingerprint density at radius 2 is 1.81 bits per heavy atom. The lowest BCUT2D eigenvalue weighted by molar-refractivity contribution is -0.127. The summed E-state index contributed by atoms with van der Waals surface area (Å²) in [7, 11) is 0. The molecule has 0 bridgehead atoms. The van der Waals surface area contributed by atoms with Gasteiger partial charge in [-0.3, -0.25) is 4.79 Å². The molecule has 4 aromatic rings. The zero-order valence-electron chi connectivity index (χ0n) is 17.1. The van der Waals surface area contributed by atoms with E-state index in [0.717, 1.165) is 23.3 Å². The molecule has 0 atom stereocenters. The van der Waals surface area contributed by atoms with Gasteiger partial charge in [0.15, 0.2) is 0 Å². The van der Waals surface area contributed by atoms with Crippen LogP contribution in [0.2, 0.25) is 5.02 Å². The topological polar surface area (TPSA) is 59.2 Å².